The molecule has 0 amide bonds. The van der Waals surface area contributed by atoms with E-state index in [4.69, 9.17) is 0 Å². The van der Waals surface area contributed by atoms with Gasteiger partial charge in [-0.3, -0.25) is 0 Å². The molecule has 1 fully saturated rings. The third kappa shape index (κ3) is 4.43. The summed E-state index contributed by atoms with van der Waals surface area (Å²) in [5.74, 6) is 0.875. The molecular formula is C12H26N2. The van der Waals surface area contributed by atoms with Crippen molar-refractivity contribution >= 4 is 0 Å². The number of nitrogens with zero attached hydrogens (tertiary/aromatic N) is 1. The normalized spacial score (nSPS) is 29.1. The lowest BCUT2D eigenvalue weighted by atomic mass is 9.97. The Balaban J connectivity index is 2.19. The Bertz CT molecular complexity index is 145. The van der Waals surface area contributed by atoms with E-state index in [0.717, 1.165) is 25.0 Å². The van der Waals surface area contributed by atoms with Gasteiger partial charge in [-0.25, -0.2) is 0 Å². The van der Waals surface area contributed by atoms with E-state index in [2.05, 4.69) is 31.2 Å². The Labute approximate surface area is 89.1 Å². The maximum Gasteiger partial charge on any atom is 0.0101 e. The second-order valence-electron chi connectivity index (χ2n) is 4.98. The molecule has 2 heteroatoms. The minimum Gasteiger partial charge on any atom is -0.312 e. The van der Waals surface area contributed by atoms with E-state index in [-0.39, 0.29) is 0 Å². The quantitative estimate of drug-likeness (QED) is 0.696. The minimum absolute atomic E-state index is 0.775. The maximum atomic E-state index is 3.70. The molecule has 1 aliphatic rings. The summed E-state index contributed by atoms with van der Waals surface area (Å²) in [6.07, 6.45) is 7.10. The van der Waals surface area contributed by atoms with Crippen LogP contribution in [0.2, 0.25) is 0 Å². The SMILES string of the molecule is CC1CCCCCC1NCCN(C)C. The summed E-state index contributed by atoms with van der Waals surface area (Å²) in [5.41, 5.74) is 0. The molecule has 1 saturated carbocycles. The number of likely N-dealkylation sites (N-methyl/N-ethyl adjacent to an activating group) is 1. The Morgan fingerprint density at radius 2 is 1.86 bits per heavy atom. The summed E-state index contributed by atoms with van der Waals surface area (Å²) in [6.45, 7) is 4.70. The van der Waals surface area contributed by atoms with Crippen LogP contribution < -0.4 is 5.32 Å². The average molecular weight is 198 g/mol. The third-order valence-corrected chi connectivity index (χ3v) is 3.33. The largest absolute Gasteiger partial charge is 0.312 e. The second-order valence-corrected chi connectivity index (χ2v) is 4.98. The summed E-state index contributed by atoms with van der Waals surface area (Å²) >= 11 is 0. The Kier molecular flexibility index (Phi) is 5.49. The molecule has 2 unspecified atom stereocenters. The highest BCUT2D eigenvalue weighted by atomic mass is 15.1. The topological polar surface area (TPSA) is 15.3 Å². The molecule has 1 N–H and O–H groups in total. The molecule has 0 bridgehead atoms. The number of rotatable bonds is 4. The molecule has 14 heavy (non-hydrogen) atoms. The van der Waals surface area contributed by atoms with Crippen molar-refractivity contribution in [2.75, 3.05) is 27.2 Å². The molecular weight excluding hydrogens is 172 g/mol. The molecule has 1 rings (SSSR count). The minimum atomic E-state index is 0.775. The lowest BCUT2D eigenvalue weighted by Gasteiger charge is -2.23. The highest BCUT2D eigenvalue weighted by molar-refractivity contribution is 4.76. The van der Waals surface area contributed by atoms with E-state index in [0.29, 0.717) is 0 Å². The molecule has 84 valence electrons. The van der Waals surface area contributed by atoms with Gasteiger partial charge >= 0.3 is 0 Å². The molecule has 0 heterocycles. The molecule has 2 nitrogen and oxygen atoms in total. The first-order valence-electron chi connectivity index (χ1n) is 6.08. The molecule has 2 atom stereocenters. The summed E-state index contributed by atoms with van der Waals surface area (Å²) in [5, 5.41) is 3.70. The van der Waals surface area contributed by atoms with Crippen LogP contribution >= 0.6 is 0 Å². The monoisotopic (exact) mass is 198 g/mol. The molecule has 1 aliphatic carbocycles. The van der Waals surface area contributed by atoms with Gasteiger partial charge in [0.2, 0.25) is 0 Å². The molecule has 0 saturated heterocycles. The molecule has 0 spiro atoms. The van der Waals surface area contributed by atoms with Gasteiger partial charge in [0.25, 0.3) is 0 Å². The van der Waals surface area contributed by atoms with Crippen molar-refractivity contribution < 1.29 is 0 Å². The molecule has 0 aromatic carbocycles. The van der Waals surface area contributed by atoms with E-state index in [1.807, 2.05) is 0 Å². The van der Waals surface area contributed by atoms with Crippen LogP contribution in [0.15, 0.2) is 0 Å². The van der Waals surface area contributed by atoms with Gasteiger partial charge in [0.05, 0.1) is 0 Å². The van der Waals surface area contributed by atoms with Gasteiger partial charge in [-0.2, -0.15) is 0 Å². The molecule has 0 aromatic heterocycles. The van der Waals surface area contributed by atoms with Gasteiger partial charge < -0.3 is 10.2 Å². The zero-order valence-electron chi connectivity index (χ0n) is 10.1. The smallest absolute Gasteiger partial charge is 0.0101 e. The van der Waals surface area contributed by atoms with E-state index in [9.17, 15) is 0 Å². The fourth-order valence-electron chi connectivity index (χ4n) is 2.27. The maximum absolute atomic E-state index is 3.70. The highest BCUT2D eigenvalue weighted by Crippen LogP contribution is 2.22. The van der Waals surface area contributed by atoms with Crippen molar-refractivity contribution in [2.24, 2.45) is 5.92 Å². The van der Waals surface area contributed by atoms with E-state index in [1.165, 1.54) is 32.1 Å². The summed E-state index contributed by atoms with van der Waals surface area (Å²) < 4.78 is 0. The van der Waals surface area contributed by atoms with E-state index in [1.54, 1.807) is 0 Å². The number of nitrogens with one attached hydrogen (secondary N) is 1. The van der Waals surface area contributed by atoms with Gasteiger partial charge in [0, 0.05) is 19.1 Å². The van der Waals surface area contributed by atoms with Gasteiger partial charge in [0.15, 0.2) is 0 Å². The van der Waals surface area contributed by atoms with Crippen molar-refractivity contribution in [3.63, 3.8) is 0 Å². The zero-order valence-corrected chi connectivity index (χ0v) is 10.1. The van der Waals surface area contributed by atoms with Gasteiger partial charge in [-0.05, 0) is 32.9 Å². The van der Waals surface area contributed by atoms with Crippen LogP contribution in [-0.2, 0) is 0 Å². The standard InChI is InChI=1S/C12H26N2/c1-11-7-5-4-6-8-12(11)13-9-10-14(2)3/h11-13H,4-10H2,1-3H3. The van der Waals surface area contributed by atoms with Crippen molar-refractivity contribution in [2.45, 2.75) is 45.1 Å². The van der Waals surface area contributed by atoms with Crippen LogP contribution in [0.4, 0.5) is 0 Å². The Morgan fingerprint density at radius 1 is 1.14 bits per heavy atom. The summed E-state index contributed by atoms with van der Waals surface area (Å²) in [6, 6.07) is 0.775. The second kappa shape index (κ2) is 6.41. The van der Waals surface area contributed by atoms with Crippen molar-refractivity contribution in [3.8, 4) is 0 Å². The lowest BCUT2D eigenvalue weighted by Crippen LogP contribution is -2.38. The van der Waals surface area contributed by atoms with Crippen molar-refractivity contribution in [3.05, 3.63) is 0 Å². The number of hydrogen-bond acceptors (Lipinski definition) is 2. The Morgan fingerprint density at radius 3 is 2.57 bits per heavy atom. The summed E-state index contributed by atoms with van der Waals surface area (Å²) in [7, 11) is 4.27. The fourth-order valence-corrected chi connectivity index (χ4v) is 2.27. The molecule has 0 radical (unpaired) electrons. The van der Waals surface area contributed by atoms with Crippen LogP contribution in [0.3, 0.4) is 0 Å². The number of hydrogen-bond donors (Lipinski definition) is 1. The van der Waals surface area contributed by atoms with Crippen LogP contribution in [0.25, 0.3) is 0 Å². The molecule has 0 aliphatic heterocycles. The van der Waals surface area contributed by atoms with Crippen LogP contribution in [0, 0.1) is 5.92 Å². The Hall–Kier alpha value is -0.0800. The van der Waals surface area contributed by atoms with Crippen LogP contribution in [0.1, 0.15) is 39.0 Å². The predicted molar refractivity (Wildman–Crippen MR) is 62.6 cm³/mol. The van der Waals surface area contributed by atoms with Gasteiger partial charge in [-0.1, -0.05) is 26.2 Å². The lowest BCUT2D eigenvalue weighted by molar-refractivity contribution is 0.327. The predicted octanol–water partition coefficient (Wildman–Crippen LogP) is 2.11. The summed E-state index contributed by atoms with van der Waals surface area (Å²) in [4.78, 5) is 2.24. The highest BCUT2D eigenvalue weighted by Gasteiger charge is 2.18. The average Bonchev–Trinajstić information content (AvgIpc) is 2.31. The van der Waals surface area contributed by atoms with Crippen LogP contribution in [-0.4, -0.2) is 38.1 Å². The van der Waals surface area contributed by atoms with Crippen LogP contribution in [0.5, 0.6) is 0 Å². The zero-order chi connectivity index (χ0) is 10.4. The van der Waals surface area contributed by atoms with Crippen molar-refractivity contribution in [1.82, 2.24) is 10.2 Å². The fraction of sp³-hybridized carbons (Fsp3) is 1.00. The molecule has 0 aromatic rings. The third-order valence-electron chi connectivity index (χ3n) is 3.33. The van der Waals surface area contributed by atoms with E-state index >= 15 is 0 Å². The van der Waals surface area contributed by atoms with E-state index < -0.39 is 0 Å². The van der Waals surface area contributed by atoms with Gasteiger partial charge in [0.1, 0.15) is 0 Å². The van der Waals surface area contributed by atoms with Crippen molar-refractivity contribution in [1.29, 1.82) is 0 Å². The van der Waals surface area contributed by atoms with Gasteiger partial charge in [-0.15, -0.1) is 0 Å². The first kappa shape index (κ1) is 12.0. The first-order chi connectivity index (χ1) is 6.70. The first-order valence-corrected chi connectivity index (χ1v) is 6.08.